The SMILES string of the molecule is Cc1c(C(=O)N(C)Cc2ncc[nH]2)cnn1CCCN. The Morgan fingerprint density at radius 1 is 1.55 bits per heavy atom. The first-order valence-electron chi connectivity index (χ1n) is 6.59. The van der Waals surface area contributed by atoms with Gasteiger partial charge in [0.2, 0.25) is 0 Å². The number of aryl methyl sites for hydroxylation is 1. The Bertz CT molecular complexity index is 559. The number of carbonyl (C=O) groups excluding carboxylic acids is 1. The lowest BCUT2D eigenvalue weighted by atomic mass is 10.2. The maximum absolute atomic E-state index is 12.4. The predicted octanol–water partition coefficient (Wildman–Crippen LogP) is 0.536. The van der Waals surface area contributed by atoms with Crippen LogP contribution in [0.15, 0.2) is 18.6 Å². The van der Waals surface area contributed by atoms with Crippen LogP contribution in [0.1, 0.15) is 28.3 Å². The van der Waals surface area contributed by atoms with E-state index in [0.29, 0.717) is 18.7 Å². The summed E-state index contributed by atoms with van der Waals surface area (Å²) in [5.41, 5.74) is 6.98. The molecule has 0 aromatic carbocycles. The van der Waals surface area contributed by atoms with Gasteiger partial charge in [-0.3, -0.25) is 9.48 Å². The highest BCUT2D eigenvalue weighted by atomic mass is 16.2. The zero-order valence-corrected chi connectivity index (χ0v) is 11.8. The van der Waals surface area contributed by atoms with Crippen molar-refractivity contribution in [2.45, 2.75) is 26.4 Å². The molecule has 20 heavy (non-hydrogen) atoms. The third-order valence-electron chi connectivity index (χ3n) is 3.20. The molecule has 0 aliphatic heterocycles. The van der Waals surface area contributed by atoms with E-state index in [2.05, 4.69) is 15.1 Å². The zero-order chi connectivity index (χ0) is 14.5. The first-order chi connectivity index (χ1) is 9.63. The summed E-state index contributed by atoms with van der Waals surface area (Å²) in [6, 6.07) is 0. The molecule has 0 aliphatic rings. The Morgan fingerprint density at radius 3 is 3.00 bits per heavy atom. The van der Waals surface area contributed by atoms with Gasteiger partial charge in [0.25, 0.3) is 5.91 Å². The van der Waals surface area contributed by atoms with E-state index in [0.717, 1.165) is 24.5 Å². The van der Waals surface area contributed by atoms with Crippen LogP contribution in [0.5, 0.6) is 0 Å². The zero-order valence-electron chi connectivity index (χ0n) is 11.8. The van der Waals surface area contributed by atoms with Crippen molar-refractivity contribution in [3.05, 3.63) is 35.7 Å². The van der Waals surface area contributed by atoms with Gasteiger partial charge in [-0.1, -0.05) is 0 Å². The average molecular weight is 276 g/mol. The summed E-state index contributed by atoms with van der Waals surface area (Å²) >= 11 is 0. The molecule has 2 aromatic rings. The van der Waals surface area contributed by atoms with Crippen LogP contribution in [0.2, 0.25) is 0 Å². The van der Waals surface area contributed by atoms with Crippen LogP contribution in [-0.4, -0.2) is 44.1 Å². The molecule has 0 fully saturated rings. The average Bonchev–Trinajstić information content (AvgIpc) is 3.06. The second-order valence-electron chi connectivity index (χ2n) is 4.71. The van der Waals surface area contributed by atoms with E-state index in [4.69, 9.17) is 5.73 Å². The number of nitrogens with two attached hydrogens (primary N) is 1. The fraction of sp³-hybridized carbons (Fsp3) is 0.462. The number of H-pyrrole nitrogens is 1. The van der Waals surface area contributed by atoms with Gasteiger partial charge in [-0.05, 0) is 19.9 Å². The Labute approximate surface area is 117 Å². The van der Waals surface area contributed by atoms with Gasteiger partial charge in [0, 0.05) is 31.7 Å². The molecule has 0 radical (unpaired) electrons. The van der Waals surface area contributed by atoms with Crippen LogP contribution in [0, 0.1) is 6.92 Å². The van der Waals surface area contributed by atoms with Crippen LogP contribution < -0.4 is 5.73 Å². The fourth-order valence-corrected chi connectivity index (χ4v) is 2.01. The fourth-order valence-electron chi connectivity index (χ4n) is 2.01. The van der Waals surface area contributed by atoms with Crippen LogP contribution in [-0.2, 0) is 13.1 Å². The quantitative estimate of drug-likeness (QED) is 0.805. The van der Waals surface area contributed by atoms with Crippen molar-refractivity contribution in [2.75, 3.05) is 13.6 Å². The van der Waals surface area contributed by atoms with Gasteiger partial charge in [-0.15, -0.1) is 0 Å². The topological polar surface area (TPSA) is 92.8 Å². The lowest BCUT2D eigenvalue weighted by Gasteiger charge is -2.15. The lowest BCUT2D eigenvalue weighted by molar-refractivity contribution is 0.0781. The van der Waals surface area contributed by atoms with E-state index >= 15 is 0 Å². The Balaban J connectivity index is 2.06. The molecule has 1 amide bonds. The molecule has 2 rings (SSSR count). The van der Waals surface area contributed by atoms with Gasteiger partial charge >= 0.3 is 0 Å². The van der Waals surface area contributed by atoms with Crippen molar-refractivity contribution in [3.8, 4) is 0 Å². The minimum absolute atomic E-state index is 0.0575. The summed E-state index contributed by atoms with van der Waals surface area (Å²) in [6.07, 6.45) is 5.87. The molecule has 2 heterocycles. The number of amides is 1. The molecule has 0 atom stereocenters. The third-order valence-corrected chi connectivity index (χ3v) is 3.20. The summed E-state index contributed by atoms with van der Waals surface area (Å²) < 4.78 is 1.82. The minimum Gasteiger partial charge on any atom is -0.347 e. The smallest absolute Gasteiger partial charge is 0.257 e. The number of hydrogen-bond donors (Lipinski definition) is 2. The molecule has 108 valence electrons. The molecule has 0 unspecified atom stereocenters. The number of nitrogens with one attached hydrogen (secondary N) is 1. The molecule has 0 spiro atoms. The molecule has 3 N–H and O–H groups in total. The molecule has 0 saturated carbocycles. The number of hydrogen-bond acceptors (Lipinski definition) is 4. The molecular formula is C13H20N6O. The van der Waals surface area contributed by atoms with Gasteiger partial charge in [-0.25, -0.2) is 4.98 Å². The van der Waals surface area contributed by atoms with Crippen molar-refractivity contribution < 1.29 is 4.79 Å². The summed E-state index contributed by atoms with van der Waals surface area (Å²) in [5, 5.41) is 4.24. The van der Waals surface area contributed by atoms with E-state index in [1.165, 1.54) is 0 Å². The van der Waals surface area contributed by atoms with E-state index in [-0.39, 0.29) is 5.91 Å². The van der Waals surface area contributed by atoms with E-state index in [1.54, 1.807) is 30.5 Å². The summed E-state index contributed by atoms with van der Waals surface area (Å²) in [4.78, 5) is 21.1. The van der Waals surface area contributed by atoms with E-state index in [1.807, 2.05) is 11.6 Å². The first kappa shape index (κ1) is 14.3. The number of nitrogens with zero attached hydrogens (tertiary/aromatic N) is 4. The number of aromatic amines is 1. The first-order valence-corrected chi connectivity index (χ1v) is 6.59. The molecular weight excluding hydrogens is 256 g/mol. The third kappa shape index (κ3) is 3.05. The highest BCUT2D eigenvalue weighted by Crippen LogP contribution is 2.11. The van der Waals surface area contributed by atoms with Crippen molar-refractivity contribution >= 4 is 5.91 Å². The standard InChI is InChI=1S/C13H20N6O/c1-10-11(8-17-19(10)7-3-4-14)13(20)18(2)9-12-15-5-6-16-12/h5-6,8H,3-4,7,9,14H2,1-2H3,(H,15,16). The number of carbonyl (C=O) groups is 1. The summed E-state index contributed by atoms with van der Waals surface area (Å²) in [6.45, 7) is 3.69. The molecule has 0 bridgehead atoms. The highest BCUT2D eigenvalue weighted by Gasteiger charge is 2.18. The molecule has 7 heteroatoms. The van der Waals surface area contributed by atoms with Crippen LogP contribution in [0.3, 0.4) is 0 Å². The van der Waals surface area contributed by atoms with Crippen LogP contribution >= 0.6 is 0 Å². The number of imidazole rings is 1. The number of rotatable bonds is 6. The van der Waals surface area contributed by atoms with E-state index < -0.39 is 0 Å². The highest BCUT2D eigenvalue weighted by molar-refractivity contribution is 5.94. The van der Waals surface area contributed by atoms with Gasteiger partial charge in [0.05, 0.1) is 18.3 Å². The van der Waals surface area contributed by atoms with Gasteiger partial charge < -0.3 is 15.6 Å². The summed E-state index contributed by atoms with van der Waals surface area (Å²) in [5.74, 6) is 0.701. The van der Waals surface area contributed by atoms with Crippen molar-refractivity contribution in [1.82, 2.24) is 24.6 Å². The Hall–Kier alpha value is -2.15. The second-order valence-corrected chi connectivity index (χ2v) is 4.71. The maximum atomic E-state index is 12.4. The van der Waals surface area contributed by atoms with Gasteiger partial charge in [0.15, 0.2) is 0 Å². The summed E-state index contributed by atoms with van der Waals surface area (Å²) in [7, 11) is 1.75. The molecule has 7 nitrogen and oxygen atoms in total. The number of aromatic nitrogens is 4. The second kappa shape index (κ2) is 6.33. The van der Waals surface area contributed by atoms with Crippen LogP contribution in [0.25, 0.3) is 0 Å². The maximum Gasteiger partial charge on any atom is 0.257 e. The van der Waals surface area contributed by atoms with Gasteiger partial charge in [0.1, 0.15) is 5.82 Å². The van der Waals surface area contributed by atoms with Crippen molar-refractivity contribution in [3.63, 3.8) is 0 Å². The molecule has 2 aromatic heterocycles. The molecule has 0 aliphatic carbocycles. The van der Waals surface area contributed by atoms with E-state index in [9.17, 15) is 4.79 Å². The normalized spacial score (nSPS) is 10.8. The Kier molecular flexibility index (Phi) is 4.52. The van der Waals surface area contributed by atoms with Crippen molar-refractivity contribution in [1.29, 1.82) is 0 Å². The molecule has 0 saturated heterocycles. The largest absolute Gasteiger partial charge is 0.347 e. The van der Waals surface area contributed by atoms with Crippen LogP contribution in [0.4, 0.5) is 0 Å². The lowest BCUT2D eigenvalue weighted by Crippen LogP contribution is -2.27. The monoisotopic (exact) mass is 276 g/mol. The minimum atomic E-state index is -0.0575. The van der Waals surface area contributed by atoms with Gasteiger partial charge in [-0.2, -0.15) is 5.10 Å². The Morgan fingerprint density at radius 2 is 2.35 bits per heavy atom. The van der Waals surface area contributed by atoms with Crippen molar-refractivity contribution in [2.24, 2.45) is 5.73 Å². The predicted molar refractivity (Wildman–Crippen MR) is 75.0 cm³/mol.